The number of halogens is 2. The van der Waals surface area contributed by atoms with E-state index in [2.05, 4.69) is 0 Å². The maximum atomic E-state index is 13.1. The van der Waals surface area contributed by atoms with E-state index in [1.54, 1.807) is 42.5 Å². The van der Waals surface area contributed by atoms with Gasteiger partial charge in [-0.15, -0.1) is 0 Å². The van der Waals surface area contributed by atoms with Gasteiger partial charge in [0.2, 0.25) is 0 Å². The Morgan fingerprint density at radius 3 is 2.38 bits per heavy atom. The fourth-order valence-electron chi connectivity index (χ4n) is 3.76. The van der Waals surface area contributed by atoms with Crippen LogP contribution in [0, 0.1) is 0 Å². The standard InChI is InChI=1S/C27H17Cl2NO5S2/c28-21-11-9-20(23(29)15-21)16-30-26(31)25(36-27(30)32)14-19-7-3-4-8-24(19)35-37(33,34)22-12-10-17-5-1-2-6-18(17)13-22/h1-15H,16H2/b25-14-. The molecule has 0 bridgehead atoms. The summed E-state index contributed by atoms with van der Waals surface area (Å²) in [5.41, 5.74) is 0.904. The van der Waals surface area contributed by atoms with Crippen LogP contribution in [0.4, 0.5) is 4.79 Å². The lowest BCUT2D eigenvalue weighted by atomic mass is 10.1. The molecule has 6 nitrogen and oxygen atoms in total. The smallest absolute Gasteiger partial charge is 0.339 e. The van der Waals surface area contributed by atoms with E-state index >= 15 is 0 Å². The quantitative estimate of drug-likeness (QED) is 0.181. The van der Waals surface area contributed by atoms with Crippen molar-refractivity contribution >= 4 is 73.1 Å². The second kappa shape index (κ2) is 10.2. The van der Waals surface area contributed by atoms with Gasteiger partial charge in [0, 0.05) is 15.6 Å². The van der Waals surface area contributed by atoms with Crippen LogP contribution in [0.25, 0.3) is 16.8 Å². The highest BCUT2D eigenvalue weighted by atomic mass is 35.5. The molecule has 5 rings (SSSR count). The van der Waals surface area contributed by atoms with E-state index in [-0.39, 0.29) is 22.1 Å². The molecule has 10 heteroatoms. The van der Waals surface area contributed by atoms with Crippen molar-refractivity contribution in [3.05, 3.63) is 111 Å². The van der Waals surface area contributed by atoms with Crippen molar-refractivity contribution in [3.63, 3.8) is 0 Å². The van der Waals surface area contributed by atoms with Crippen LogP contribution in [0.1, 0.15) is 11.1 Å². The minimum absolute atomic E-state index is 0.00108. The average molecular weight is 570 g/mol. The molecule has 1 saturated heterocycles. The number of carbonyl (C=O) groups is 2. The summed E-state index contributed by atoms with van der Waals surface area (Å²) in [5.74, 6) is -0.489. The van der Waals surface area contributed by atoms with Gasteiger partial charge in [0.25, 0.3) is 11.1 Å². The number of rotatable bonds is 6. The van der Waals surface area contributed by atoms with Gasteiger partial charge in [-0.2, -0.15) is 8.42 Å². The third-order valence-electron chi connectivity index (χ3n) is 5.63. The summed E-state index contributed by atoms with van der Waals surface area (Å²) in [4.78, 5) is 26.8. The maximum absolute atomic E-state index is 13.1. The van der Waals surface area contributed by atoms with Gasteiger partial charge >= 0.3 is 10.1 Å². The Morgan fingerprint density at radius 2 is 1.59 bits per heavy atom. The van der Waals surface area contributed by atoms with Crippen LogP contribution >= 0.6 is 35.0 Å². The molecule has 0 radical (unpaired) electrons. The average Bonchev–Trinajstić information content (AvgIpc) is 3.13. The van der Waals surface area contributed by atoms with E-state index in [0.717, 1.165) is 27.4 Å². The van der Waals surface area contributed by atoms with Gasteiger partial charge in [0.05, 0.1) is 11.4 Å². The molecule has 1 aliphatic heterocycles. The summed E-state index contributed by atoms with van der Waals surface area (Å²) in [7, 11) is -4.17. The van der Waals surface area contributed by atoms with Crippen molar-refractivity contribution in [2.45, 2.75) is 11.4 Å². The van der Waals surface area contributed by atoms with E-state index in [1.807, 2.05) is 24.3 Å². The van der Waals surface area contributed by atoms with Gasteiger partial charge < -0.3 is 4.18 Å². The number of amides is 2. The van der Waals surface area contributed by atoms with Gasteiger partial charge in [0.1, 0.15) is 10.6 Å². The van der Waals surface area contributed by atoms with E-state index in [1.165, 1.54) is 24.3 Å². The Kier molecular flexibility index (Phi) is 7.00. The van der Waals surface area contributed by atoms with Crippen molar-refractivity contribution < 1.29 is 22.2 Å². The predicted molar refractivity (Wildman–Crippen MR) is 146 cm³/mol. The molecule has 0 unspecified atom stereocenters. The normalized spacial score (nSPS) is 15.1. The Hall–Kier alpha value is -3.30. The van der Waals surface area contributed by atoms with Crippen LogP contribution in [0.3, 0.4) is 0 Å². The molecule has 1 aliphatic rings. The molecule has 0 aliphatic carbocycles. The number of para-hydroxylation sites is 1. The number of hydrogen-bond donors (Lipinski definition) is 0. The lowest BCUT2D eigenvalue weighted by Gasteiger charge is -2.14. The van der Waals surface area contributed by atoms with Crippen molar-refractivity contribution in [3.8, 4) is 5.75 Å². The highest BCUT2D eigenvalue weighted by molar-refractivity contribution is 8.18. The Bertz CT molecular complexity index is 1700. The monoisotopic (exact) mass is 569 g/mol. The summed E-state index contributed by atoms with van der Waals surface area (Å²) in [6, 6.07) is 23.3. The first-order valence-electron chi connectivity index (χ1n) is 10.9. The van der Waals surface area contributed by atoms with Crippen LogP contribution in [-0.2, 0) is 21.5 Å². The van der Waals surface area contributed by atoms with Crippen LogP contribution in [0.15, 0.2) is 94.7 Å². The van der Waals surface area contributed by atoms with Crippen LogP contribution in [0.2, 0.25) is 10.0 Å². The summed E-state index contributed by atoms with van der Waals surface area (Å²) in [6.07, 6.45) is 1.44. The Labute approximate surface area is 227 Å². The first-order chi connectivity index (χ1) is 17.7. The third-order valence-corrected chi connectivity index (χ3v) is 8.36. The highest BCUT2D eigenvalue weighted by Crippen LogP contribution is 2.36. The molecule has 0 atom stereocenters. The molecule has 1 fully saturated rings. The van der Waals surface area contributed by atoms with Crippen LogP contribution in [0.5, 0.6) is 5.75 Å². The first-order valence-corrected chi connectivity index (χ1v) is 13.9. The molecule has 4 aromatic carbocycles. The third kappa shape index (κ3) is 5.38. The minimum atomic E-state index is -4.17. The molecule has 186 valence electrons. The Balaban J connectivity index is 1.41. The molecule has 0 saturated carbocycles. The minimum Gasteiger partial charge on any atom is -0.378 e. The number of carbonyl (C=O) groups excluding carboxylic acids is 2. The number of imide groups is 1. The van der Waals surface area contributed by atoms with E-state index in [9.17, 15) is 18.0 Å². The van der Waals surface area contributed by atoms with Crippen LogP contribution in [-0.4, -0.2) is 24.5 Å². The second-order valence-corrected chi connectivity index (χ2v) is 11.5. The van der Waals surface area contributed by atoms with Crippen molar-refractivity contribution in [1.29, 1.82) is 0 Å². The summed E-state index contributed by atoms with van der Waals surface area (Å²) < 4.78 is 31.6. The summed E-state index contributed by atoms with van der Waals surface area (Å²) >= 11 is 12.9. The molecular weight excluding hydrogens is 553 g/mol. The van der Waals surface area contributed by atoms with Gasteiger partial charge in [-0.25, -0.2) is 0 Å². The number of hydrogen-bond acceptors (Lipinski definition) is 6. The van der Waals surface area contributed by atoms with Crippen LogP contribution < -0.4 is 4.18 Å². The number of thioether (sulfide) groups is 1. The van der Waals surface area contributed by atoms with Gasteiger partial charge in [-0.1, -0.05) is 77.8 Å². The fraction of sp³-hybridized carbons (Fsp3) is 0.0370. The second-order valence-electron chi connectivity index (χ2n) is 8.09. The van der Waals surface area contributed by atoms with Crippen molar-refractivity contribution in [1.82, 2.24) is 4.90 Å². The topological polar surface area (TPSA) is 80.8 Å². The maximum Gasteiger partial charge on any atom is 0.339 e. The SMILES string of the molecule is O=C1S/C(=C\c2ccccc2OS(=O)(=O)c2ccc3ccccc3c2)C(=O)N1Cc1ccc(Cl)cc1Cl. The molecule has 0 N–H and O–H groups in total. The molecule has 4 aromatic rings. The summed E-state index contributed by atoms with van der Waals surface area (Å²) in [5, 5.41) is 1.98. The van der Waals surface area contributed by atoms with Crippen molar-refractivity contribution in [2.24, 2.45) is 0 Å². The molecular formula is C27H17Cl2NO5S2. The van der Waals surface area contributed by atoms with E-state index < -0.39 is 21.3 Å². The lowest BCUT2D eigenvalue weighted by Crippen LogP contribution is -2.27. The Morgan fingerprint density at radius 1 is 0.865 bits per heavy atom. The predicted octanol–water partition coefficient (Wildman–Crippen LogP) is 7.15. The zero-order valence-electron chi connectivity index (χ0n) is 18.9. The van der Waals surface area contributed by atoms with Gasteiger partial charge in [-0.3, -0.25) is 14.5 Å². The number of benzene rings is 4. The zero-order chi connectivity index (χ0) is 26.2. The van der Waals surface area contributed by atoms with Crippen molar-refractivity contribution in [2.75, 3.05) is 0 Å². The van der Waals surface area contributed by atoms with E-state index in [4.69, 9.17) is 27.4 Å². The molecule has 0 aromatic heterocycles. The lowest BCUT2D eigenvalue weighted by molar-refractivity contribution is -0.123. The highest BCUT2D eigenvalue weighted by Gasteiger charge is 2.35. The first kappa shape index (κ1) is 25.4. The summed E-state index contributed by atoms with van der Waals surface area (Å²) in [6.45, 7) is -0.0213. The van der Waals surface area contributed by atoms with Gasteiger partial charge in [-0.05, 0) is 64.5 Å². The molecule has 1 heterocycles. The number of fused-ring (bicyclic) bond motifs is 1. The van der Waals surface area contributed by atoms with E-state index in [0.29, 0.717) is 21.2 Å². The molecule has 0 spiro atoms. The van der Waals surface area contributed by atoms with Gasteiger partial charge in [0.15, 0.2) is 0 Å². The largest absolute Gasteiger partial charge is 0.378 e. The fourth-order valence-corrected chi connectivity index (χ4v) is 6.05. The molecule has 2 amide bonds. The zero-order valence-corrected chi connectivity index (χ0v) is 22.1. The number of nitrogens with zero attached hydrogens (tertiary/aromatic N) is 1. The molecule has 37 heavy (non-hydrogen) atoms.